The van der Waals surface area contributed by atoms with Crippen LogP contribution in [-0.4, -0.2) is 46.1 Å². The third-order valence-electron chi connectivity index (χ3n) is 4.31. The second-order valence-corrected chi connectivity index (χ2v) is 6.05. The summed E-state index contributed by atoms with van der Waals surface area (Å²) in [4.78, 5) is 6.24. The van der Waals surface area contributed by atoms with Crippen molar-refractivity contribution < 1.29 is 4.74 Å². The van der Waals surface area contributed by atoms with Crippen molar-refractivity contribution >= 4 is 17.6 Å². The number of anilines is 1. The second kappa shape index (κ2) is 7.81. The second-order valence-electron chi connectivity index (χ2n) is 6.05. The van der Waals surface area contributed by atoms with E-state index in [1.807, 2.05) is 47.0 Å². The van der Waals surface area contributed by atoms with Crippen molar-refractivity contribution in [3.63, 3.8) is 0 Å². The standard InChI is InChI=1S/C20H18N6O/c21-14-17(13-16-5-4-8-22-15-16)19-23-24-20(25-9-11-27-12-10-25)26(19)18-6-2-1-3-7-18/h1-8,13,15H,9-12H2. The highest BCUT2D eigenvalue weighted by molar-refractivity contribution is 5.87. The molecule has 1 aliphatic heterocycles. The molecule has 7 nitrogen and oxygen atoms in total. The van der Waals surface area contributed by atoms with Gasteiger partial charge in [0, 0.05) is 25.5 Å². The van der Waals surface area contributed by atoms with Crippen molar-refractivity contribution in [3.8, 4) is 11.8 Å². The maximum atomic E-state index is 9.78. The van der Waals surface area contributed by atoms with E-state index in [4.69, 9.17) is 4.74 Å². The normalized spacial score (nSPS) is 14.8. The van der Waals surface area contributed by atoms with Crippen LogP contribution in [0.25, 0.3) is 17.3 Å². The lowest BCUT2D eigenvalue weighted by Crippen LogP contribution is -2.38. The summed E-state index contributed by atoms with van der Waals surface area (Å²) in [7, 11) is 0. The van der Waals surface area contributed by atoms with Crippen molar-refractivity contribution in [2.24, 2.45) is 0 Å². The topological polar surface area (TPSA) is 79.9 Å². The van der Waals surface area contributed by atoms with Gasteiger partial charge in [-0.3, -0.25) is 9.55 Å². The first kappa shape index (κ1) is 16.9. The summed E-state index contributed by atoms with van der Waals surface area (Å²) in [6.45, 7) is 2.76. The smallest absolute Gasteiger partial charge is 0.232 e. The van der Waals surface area contributed by atoms with Crippen LogP contribution in [0, 0.1) is 11.3 Å². The minimum absolute atomic E-state index is 0.430. The van der Waals surface area contributed by atoms with E-state index in [2.05, 4.69) is 26.2 Å². The highest BCUT2D eigenvalue weighted by atomic mass is 16.5. The number of hydrogen-bond acceptors (Lipinski definition) is 6. The molecule has 2 aromatic heterocycles. The monoisotopic (exact) mass is 358 g/mol. The van der Waals surface area contributed by atoms with Crippen LogP contribution < -0.4 is 4.90 Å². The fraction of sp³-hybridized carbons (Fsp3) is 0.200. The Kier molecular flexibility index (Phi) is 4.90. The average Bonchev–Trinajstić information content (AvgIpc) is 3.19. The predicted octanol–water partition coefficient (Wildman–Crippen LogP) is 2.56. The fourth-order valence-electron chi connectivity index (χ4n) is 3.01. The Labute approximate surface area is 157 Å². The molecular formula is C20H18N6O. The number of morpholine rings is 1. The van der Waals surface area contributed by atoms with Gasteiger partial charge in [-0.25, -0.2) is 0 Å². The van der Waals surface area contributed by atoms with Crippen molar-refractivity contribution in [1.82, 2.24) is 19.7 Å². The van der Waals surface area contributed by atoms with Crippen LogP contribution in [0.5, 0.6) is 0 Å². The van der Waals surface area contributed by atoms with E-state index >= 15 is 0 Å². The van der Waals surface area contributed by atoms with E-state index in [0.717, 1.165) is 24.3 Å². The number of benzene rings is 1. The van der Waals surface area contributed by atoms with E-state index in [0.29, 0.717) is 30.6 Å². The first-order valence-electron chi connectivity index (χ1n) is 8.72. The van der Waals surface area contributed by atoms with Crippen LogP contribution in [0.2, 0.25) is 0 Å². The van der Waals surface area contributed by atoms with Gasteiger partial charge in [-0.2, -0.15) is 5.26 Å². The molecule has 0 amide bonds. The molecule has 1 fully saturated rings. The number of hydrogen-bond donors (Lipinski definition) is 0. The molecule has 0 saturated carbocycles. The van der Waals surface area contributed by atoms with Gasteiger partial charge in [0.1, 0.15) is 6.07 Å². The van der Waals surface area contributed by atoms with Crippen LogP contribution in [-0.2, 0) is 4.74 Å². The fourth-order valence-corrected chi connectivity index (χ4v) is 3.01. The number of nitrogens with zero attached hydrogens (tertiary/aromatic N) is 6. The highest BCUT2D eigenvalue weighted by Gasteiger charge is 2.23. The number of aromatic nitrogens is 4. The Hall–Kier alpha value is -3.50. The first-order chi connectivity index (χ1) is 13.4. The Balaban J connectivity index is 1.84. The van der Waals surface area contributed by atoms with Crippen molar-refractivity contribution in [3.05, 3.63) is 66.2 Å². The molecule has 7 heteroatoms. The van der Waals surface area contributed by atoms with Gasteiger partial charge in [-0.1, -0.05) is 24.3 Å². The average molecular weight is 358 g/mol. The number of allylic oxidation sites excluding steroid dienone is 1. The number of para-hydroxylation sites is 1. The maximum absolute atomic E-state index is 9.78. The predicted molar refractivity (Wildman–Crippen MR) is 102 cm³/mol. The van der Waals surface area contributed by atoms with Gasteiger partial charge >= 0.3 is 0 Å². The van der Waals surface area contributed by atoms with E-state index < -0.39 is 0 Å². The molecular weight excluding hydrogens is 340 g/mol. The molecule has 0 N–H and O–H groups in total. The van der Waals surface area contributed by atoms with Crippen LogP contribution in [0.1, 0.15) is 11.4 Å². The lowest BCUT2D eigenvalue weighted by molar-refractivity contribution is 0.122. The number of pyridine rings is 1. The quantitative estimate of drug-likeness (QED) is 0.667. The summed E-state index contributed by atoms with van der Waals surface area (Å²) in [6.07, 6.45) is 5.19. The minimum Gasteiger partial charge on any atom is -0.378 e. The zero-order chi connectivity index (χ0) is 18.5. The molecule has 27 heavy (non-hydrogen) atoms. The Morgan fingerprint density at radius 3 is 2.59 bits per heavy atom. The minimum atomic E-state index is 0.430. The summed E-state index contributed by atoms with van der Waals surface area (Å²) >= 11 is 0. The Bertz CT molecular complexity index is 969. The van der Waals surface area contributed by atoms with Crippen LogP contribution in [0.15, 0.2) is 54.9 Å². The highest BCUT2D eigenvalue weighted by Crippen LogP contribution is 2.26. The molecule has 1 aliphatic rings. The van der Waals surface area contributed by atoms with E-state index in [1.54, 1.807) is 18.5 Å². The lowest BCUT2D eigenvalue weighted by Gasteiger charge is -2.28. The van der Waals surface area contributed by atoms with Gasteiger partial charge in [-0.05, 0) is 29.8 Å². The zero-order valence-electron chi connectivity index (χ0n) is 14.7. The van der Waals surface area contributed by atoms with Gasteiger partial charge in [0.25, 0.3) is 0 Å². The largest absolute Gasteiger partial charge is 0.378 e. The molecule has 0 bridgehead atoms. The van der Waals surface area contributed by atoms with Crippen molar-refractivity contribution in [1.29, 1.82) is 5.26 Å². The SMILES string of the molecule is N#CC(=Cc1cccnc1)c1nnc(N2CCOCC2)n1-c1ccccc1. The molecule has 0 atom stereocenters. The molecule has 0 radical (unpaired) electrons. The molecule has 3 aromatic rings. The van der Waals surface area contributed by atoms with Gasteiger partial charge in [0.15, 0.2) is 5.82 Å². The first-order valence-corrected chi connectivity index (χ1v) is 8.72. The van der Waals surface area contributed by atoms with Gasteiger partial charge < -0.3 is 9.64 Å². The number of nitriles is 1. The molecule has 0 spiro atoms. The number of ether oxygens (including phenoxy) is 1. The van der Waals surface area contributed by atoms with E-state index in [1.165, 1.54) is 0 Å². The van der Waals surface area contributed by atoms with Crippen LogP contribution in [0.4, 0.5) is 5.95 Å². The molecule has 1 saturated heterocycles. The summed E-state index contributed by atoms with van der Waals surface area (Å²) in [6, 6.07) is 15.8. The van der Waals surface area contributed by atoms with Crippen LogP contribution in [0.3, 0.4) is 0 Å². The summed E-state index contributed by atoms with van der Waals surface area (Å²) in [5.74, 6) is 1.22. The third kappa shape index (κ3) is 3.57. The Morgan fingerprint density at radius 2 is 1.89 bits per heavy atom. The van der Waals surface area contributed by atoms with Crippen molar-refractivity contribution in [2.45, 2.75) is 0 Å². The lowest BCUT2D eigenvalue weighted by atomic mass is 10.1. The van der Waals surface area contributed by atoms with Gasteiger partial charge in [0.05, 0.1) is 24.5 Å². The molecule has 0 unspecified atom stereocenters. The summed E-state index contributed by atoms with van der Waals surface area (Å²) in [5, 5.41) is 18.5. The maximum Gasteiger partial charge on any atom is 0.232 e. The van der Waals surface area contributed by atoms with Crippen LogP contribution >= 0.6 is 0 Å². The molecule has 1 aromatic carbocycles. The van der Waals surface area contributed by atoms with Gasteiger partial charge in [0.2, 0.25) is 5.95 Å². The van der Waals surface area contributed by atoms with Crippen molar-refractivity contribution in [2.75, 3.05) is 31.2 Å². The molecule has 4 rings (SSSR count). The summed E-state index contributed by atoms with van der Waals surface area (Å²) < 4.78 is 7.38. The molecule has 134 valence electrons. The van der Waals surface area contributed by atoms with E-state index in [9.17, 15) is 5.26 Å². The zero-order valence-corrected chi connectivity index (χ0v) is 14.7. The molecule has 3 heterocycles. The Morgan fingerprint density at radius 1 is 1.07 bits per heavy atom. The number of rotatable bonds is 4. The van der Waals surface area contributed by atoms with Gasteiger partial charge in [-0.15, -0.1) is 10.2 Å². The van der Waals surface area contributed by atoms with E-state index in [-0.39, 0.29) is 0 Å². The third-order valence-corrected chi connectivity index (χ3v) is 4.31. The molecule has 0 aliphatic carbocycles. The summed E-state index contributed by atoms with van der Waals surface area (Å²) in [5.41, 5.74) is 2.18.